The number of rotatable bonds is 31. The van der Waals surface area contributed by atoms with E-state index in [0.717, 1.165) is 6.54 Å². The van der Waals surface area contributed by atoms with E-state index in [0.29, 0.717) is 0 Å². The van der Waals surface area contributed by atoms with Gasteiger partial charge < -0.3 is 0 Å². The Labute approximate surface area is 247 Å². The third-order valence-electron chi connectivity index (χ3n) is 8.94. The van der Waals surface area contributed by atoms with Crippen molar-refractivity contribution in [3.8, 4) is 0 Å². The molecule has 0 fully saturated rings. The van der Waals surface area contributed by atoms with Crippen LogP contribution in [0.3, 0.4) is 0 Å². The molecule has 0 aliphatic rings. The summed E-state index contributed by atoms with van der Waals surface area (Å²) in [5, 5.41) is 0. The standard InChI is InChI=1S/C37H73N2/c1-4-7-9-11-13-15-17-19-21-23-25-27-29-31-33-37-38(6-3)35-36-39(37)34-32-30-28-26-24-22-20-18-16-14-12-10-8-5-2/h35-36H,4-34H2,1-3H3/q+1. The summed E-state index contributed by atoms with van der Waals surface area (Å²) in [4.78, 5) is 0. The van der Waals surface area contributed by atoms with Crippen LogP contribution in [-0.2, 0) is 19.5 Å². The van der Waals surface area contributed by atoms with E-state index < -0.39 is 0 Å². The van der Waals surface area contributed by atoms with Crippen LogP contribution in [0.2, 0.25) is 0 Å². The van der Waals surface area contributed by atoms with E-state index in [-0.39, 0.29) is 0 Å². The van der Waals surface area contributed by atoms with Gasteiger partial charge in [-0.05, 0) is 26.2 Å². The third-order valence-corrected chi connectivity index (χ3v) is 8.94. The molecule has 2 nitrogen and oxygen atoms in total. The molecule has 1 aromatic rings. The van der Waals surface area contributed by atoms with Crippen LogP contribution in [0, 0.1) is 0 Å². The van der Waals surface area contributed by atoms with Crippen LogP contribution in [0.15, 0.2) is 12.4 Å². The van der Waals surface area contributed by atoms with Gasteiger partial charge >= 0.3 is 0 Å². The second kappa shape index (κ2) is 28.7. The molecule has 0 bridgehead atoms. The van der Waals surface area contributed by atoms with Crippen molar-refractivity contribution in [2.45, 2.75) is 220 Å². The van der Waals surface area contributed by atoms with Crippen LogP contribution >= 0.6 is 0 Å². The summed E-state index contributed by atoms with van der Waals surface area (Å²) < 4.78 is 5.07. The molecule has 0 radical (unpaired) electrons. The average Bonchev–Trinajstić information content (AvgIpc) is 3.34. The molecule has 0 aliphatic carbocycles. The van der Waals surface area contributed by atoms with Crippen LogP contribution in [0.4, 0.5) is 0 Å². The van der Waals surface area contributed by atoms with Gasteiger partial charge in [0.15, 0.2) is 0 Å². The largest absolute Gasteiger partial charge is 0.256 e. The topological polar surface area (TPSA) is 8.81 Å². The molecular weight excluding hydrogens is 472 g/mol. The van der Waals surface area contributed by atoms with Gasteiger partial charge in [0.25, 0.3) is 5.82 Å². The van der Waals surface area contributed by atoms with E-state index >= 15 is 0 Å². The van der Waals surface area contributed by atoms with Gasteiger partial charge in [-0.25, -0.2) is 9.13 Å². The predicted molar refractivity (Wildman–Crippen MR) is 175 cm³/mol. The number of nitrogens with zero attached hydrogens (tertiary/aromatic N) is 2. The maximum atomic E-state index is 2.58. The third kappa shape index (κ3) is 21.6. The SMILES string of the molecule is CCCCCCCCCCCCCCCCc1n(CCCCCCCCCCCCCCCC)cc[n+]1CC. The highest BCUT2D eigenvalue weighted by atomic mass is 15.1. The highest BCUT2D eigenvalue weighted by molar-refractivity contribution is 4.84. The summed E-state index contributed by atoms with van der Waals surface area (Å²) >= 11 is 0. The lowest BCUT2D eigenvalue weighted by Gasteiger charge is -2.06. The minimum Gasteiger partial charge on any atom is -0.235 e. The van der Waals surface area contributed by atoms with E-state index in [1.54, 1.807) is 5.82 Å². The fourth-order valence-corrected chi connectivity index (χ4v) is 6.23. The predicted octanol–water partition coefficient (Wildman–Crippen LogP) is 12.3. The van der Waals surface area contributed by atoms with Crippen molar-refractivity contribution in [2.24, 2.45) is 0 Å². The maximum Gasteiger partial charge on any atom is 0.256 e. The monoisotopic (exact) mass is 546 g/mol. The Morgan fingerprint density at radius 1 is 0.436 bits per heavy atom. The Bertz CT molecular complexity index is 605. The first kappa shape index (κ1) is 36.2. The van der Waals surface area contributed by atoms with Crippen molar-refractivity contribution in [3.63, 3.8) is 0 Å². The minimum absolute atomic E-state index is 1.11. The number of hydrogen-bond acceptors (Lipinski definition) is 0. The minimum atomic E-state index is 1.11. The molecule has 0 saturated heterocycles. The van der Waals surface area contributed by atoms with E-state index in [2.05, 4.69) is 42.3 Å². The summed E-state index contributed by atoms with van der Waals surface area (Å²) in [7, 11) is 0. The Balaban J connectivity index is 1.99. The average molecular weight is 546 g/mol. The molecule has 0 saturated carbocycles. The van der Waals surface area contributed by atoms with Crippen LogP contribution in [0.5, 0.6) is 0 Å². The van der Waals surface area contributed by atoms with E-state index in [9.17, 15) is 0 Å². The number of aromatic nitrogens is 2. The molecule has 0 spiro atoms. The zero-order valence-corrected chi connectivity index (χ0v) is 27.5. The van der Waals surface area contributed by atoms with Crippen molar-refractivity contribution in [3.05, 3.63) is 18.2 Å². The summed E-state index contributed by atoms with van der Waals surface area (Å²) in [5.74, 6) is 1.58. The smallest absolute Gasteiger partial charge is 0.235 e. The fourth-order valence-electron chi connectivity index (χ4n) is 6.23. The molecule has 1 rings (SSSR count). The van der Waals surface area contributed by atoms with Gasteiger partial charge in [0.1, 0.15) is 12.4 Å². The normalized spacial score (nSPS) is 11.6. The van der Waals surface area contributed by atoms with Crippen molar-refractivity contribution in [1.82, 2.24) is 4.57 Å². The second-order valence-electron chi connectivity index (χ2n) is 12.6. The van der Waals surface area contributed by atoms with Crippen LogP contribution in [0.1, 0.15) is 206 Å². The quantitative estimate of drug-likeness (QED) is 0.0648. The first-order valence-electron chi connectivity index (χ1n) is 18.4. The first-order valence-corrected chi connectivity index (χ1v) is 18.4. The van der Waals surface area contributed by atoms with Crippen molar-refractivity contribution < 1.29 is 4.57 Å². The van der Waals surface area contributed by atoms with Gasteiger partial charge in [0, 0.05) is 6.42 Å². The van der Waals surface area contributed by atoms with Crippen molar-refractivity contribution in [1.29, 1.82) is 0 Å². The summed E-state index contributed by atoms with van der Waals surface area (Å²) in [6, 6.07) is 0. The zero-order valence-electron chi connectivity index (χ0n) is 27.5. The molecule has 1 aromatic heterocycles. The lowest BCUT2D eigenvalue weighted by Crippen LogP contribution is -2.36. The molecule has 0 atom stereocenters. The molecule has 2 heteroatoms. The molecule has 1 heterocycles. The van der Waals surface area contributed by atoms with Gasteiger partial charge in [-0.3, -0.25) is 0 Å². The summed E-state index contributed by atoms with van der Waals surface area (Å²) in [5.41, 5.74) is 0. The van der Waals surface area contributed by atoms with Gasteiger partial charge in [-0.1, -0.05) is 174 Å². The lowest BCUT2D eigenvalue weighted by molar-refractivity contribution is -0.700. The number of aryl methyl sites for hydroxylation is 2. The second-order valence-corrected chi connectivity index (χ2v) is 12.6. The molecule has 0 N–H and O–H groups in total. The molecule has 0 aromatic carbocycles. The highest BCUT2D eigenvalue weighted by Crippen LogP contribution is 2.15. The maximum absolute atomic E-state index is 2.58. The fraction of sp³-hybridized carbons (Fsp3) is 0.919. The molecular formula is C37H73N2+. The summed E-state index contributed by atoms with van der Waals surface area (Å²) in [6.07, 6.45) is 46.3. The van der Waals surface area contributed by atoms with Gasteiger partial charge in [-0.2, -0.15) is 0 Å². The Morgan fingerprint density at radius 2 is 0.769 bits per heavy atom. The zero-order chi connectivity index (χ0) is 28.1. The lowest BCUT2D eigenvalue weighted by atomic mass is 10.0. The van der Waals surface area contributed by atoms with E-state index in [1.807, 2.05) is 0 Å². The van der Waals surface area contributed by atoms with Crippen molar-refractivity contribution in [2.75, 3.05) is 0 Å². The molecule has 0 unspecified atom stereocenters. The van der Waals surface area contributed by atoms with Crippen molar-refractivity contribution >= 4 is 0 Å². The first-order chi connectivity index (χ1) is 19.3. The van der Waals surface area contributed by atoms with Crippen LogP contribution in [0.25, 0.3) is 0 Å². The number of unbranched alkanes of at least 4 members (excludes halogenated alkanes) is 26. The van der Waals surface area contributed by atoms with E-state index in [4.69, 9.17) is 0 Å². The van der Waals surface area contributed by atoms with Gasteiger partial charge in [0.05, 0.1) is 13.1 Å². The van der Waals surface area contributed by atoms with Gasteiger partial charge in [0.2, 0.25) is 0 Å². The molecule has 0 amide bonds. The number of hydrogen-bond donors (Lipinski definition) is 0. The number of imidazole rings is 1. The van der Waals surface area contributed by atoms with Gasteiger partial charge in [-0.15, -0.1) is 0 Å². The van der Waals surface area contributed by atoms with E-state index in [1.165, 1.54) is 193 Å². The Morgan fingerprint density at radius 3 is 1.13 bits per heavy atom. The summed E-state index contributed by atoms with van der Waals surface area (Å²) in [6.45, 7) is 9.24. The van der Waals surface area contributed by atoms with Crippen LogP contribution in [-0.4, -0.2) is 4.57 Å². The molecule has 0 aliphatic heterocycles. The Hall–Kier alpha value is -0.790. The molecule has 39 heavy (non-hydrogen) atoms. The highest BCUT2D eigenvalue weighted by Gasteiger charge is 2.15. The molecule has 230 valence electrons. The Kier molecular flexibility index (Phi) is 26.7. The van der Waals surface area contributed by atoms with Crippen LogP contribution < -0.4 is 4.57 Å².